The number of hydrogen-bond acceptors (Lipinski definition) is 4. The summed E-state index contributed by atoms with van der Waals surface area (Å²) in [6, 6.07) is 6.12. The Labute approximate surface area is 142 Å². The van der Waals surface area contributed by atoms with Crippen LogP contribution in [-0.4, -0.2) is 39.1 Å². The largest absolute Gasteiger partial charge is 0.493 e. The molecule has 1 aromatic carbocycles. The van der Waals surface area contributed by atoms with Gasteiger partial charge in [0.05, 0.1) is 19.1 Å². The van der Waals surface area contributed by atoms with Gasteiger partial charge in [0.25, 0.3) is 0 Å². The maximum Gasteiger partial charge on any atom is 0.226 e. The number of hydrogen-bond donors (Lipinski definition) is 1. The highest BCUT2D eigenvalue weighted by atomic mass is 16.5. The van der Waals surface area contributed by atoms with Crippen molar-refractivity contribution >= 4 is 5.91 Å². The number of amides is 1. The van der Waals surface area contributed by atoms with Gasteiger partial charge in [0.2, 0.25) is 5.91 Å². The molecule has 128 valence electrons. The number of aromatic nitrogens is 3. The van der Waals surface area contributed by atoms with E-state index in [2.05, 4.69) is 21.2 Å². The molecule has 6 heteroatoms. The van der Waals surface area contributed by atoms with Gasteiger partial charge in [-0.1, -0.05) is 12.1 Å². The summed E-state index contributed by atoms with van der Waals surface area (Å²) in [4.78, 5) is 18.8. The Morgan fingerprint density at radius 2 is 2.25 bits per heavy atom. The van der Waals surface area contributed by atoms with Crippen LogP contribution < -0.4 is 4.74 Å². The third-order valence-corrected chi connectivity index (χ3v) is 4.49. The first-order chi connectivity index (χ1) is 11.6. The van der Waals surface area contributed by atoms with Gasteiger partial charge >= 0.3 is 0 Å². The maximum atomic E-state index is 12.6. The van der Waals surface area contributed by atoms with Crippen molar-refractivity contribution in [3.8, 4) is 5.75 Å². The smallest absolute Gasteiger partial charge is 0.226 e. The highest BCUT2D eigenvalue weighted by Crippen LogP contribution is 2.29. The molecular weight excluding hydrogens is 304 g/mol. The summed E-state index contributed by atoms with van der Waals surface area (Å²) in [5.74, 6) is 1.74. The van der Waals surface area contributed by atoms with Crippen LogP contribution in [0.5, 0.6) is 5.75 Å². The molecule has 0 aliphatic carbocycles. The molecule has 3 rings (SSSR count). The molecule has 1 atom stereocenters. The third kappa shape index (κ3) is 3.75. The lowest BCUT2D eigenvalue weighted by molar-refractivity contribution is -0.135. The van der Waals surface area contributed by atoms with E-state index in [1.807, 2.05) is 30.9 Å². The van der Waals surface area contributed by atoms with Crippen LogP contribution in [0.3, 0.4) is 0 Å². The van der Waals surface area contributed by atoms with Gasteiger partial charge in [0.15, 0.2) is 0 Å². The van der Waals surface area contributed by atoms with Crippen LogP contribution in [0.1, 0.15) is 48.7 Å². The van der Waals surface area contributed by atoms with Crippen LogP contribution >= 0.6 is 0 Å². The van der Waals surface area contributed by atoms with E-state index in [1.54, 1.807) is 0 Å². The molecule has 2 aromatic rings. The van der Waals surface area contributed by atoms with Gasteiger partial charge in [-0.05, 0) is 50.3 Å². The average Bonchev–Trinajstić information content (AvgIpc) is 3.12. The minimum atomic E-state index is 0.00876. The van der Waals surface area contributed by atoms with Gasteiger partial charge in [-0.15, -0.1) is 0 Å². The van der Waals surface area contributed by atoms with Crippen LogP contribution in [-0.2, 0) is 4.79 Å². The van der Waals surface area contributed by atoms with E-state index in [0.29, 0.717) is 13.0 Å². The average molecular weight is 328 g/mol. The number of rotatable bonds is 5. The molecule has 0 spiro atoms. The fourth-order valence-electron chi connectivity index (χ4n) is 3.14. The zero-order valence-corrected chi connectivity index (χ0v) is 14.3. The first-order valence-electron chi connectivity index (χ1n) is 8.50. The quantitative estimate of drug-likeness (QED) is 0.916. The molecule has 1 aromatic heterocycles. The van der Waals surface area contributed by atoms with Crippen LogP contribution in [0, 0.1) is 13.8 Å². The number of aryl methyl sites for hydroxylation is 2. The second-order valence-corrected chi connectivity index (χ2v) is 6.34. The Bertz CT molecular complexity index is 684. The molecule has 1 unspecified atom stereocenters. The minimum Gasteiger partial charge on any atom is -0.493 e. The molecule has 1 fully saturated rings. The van der Waals surface area contributed by atoms with Crippen molar-refractivity contribution in [2.45, 2.75) is 45.6 Å². The maximum absolute atomic E-state index is 12.6. The monoisotopic (exact) mass is 328 g/mol. The number of nitrogens with zero attached hydrogens (tertiary/aromatic N) is 3. The van der Waals surface area contributed by atoms with Gasteiger partial charge < -0.3 is 9.64 Å². The van der Waals surface area contributed by atoms with Crippen molar-refractivity contribution in [1.29, 1.82) is 0 Å². The minimum absolute atomic E-state index is 0.00876. The van der Waals surface area contributed by atoms with Crippen LogP contribution in [0.15, 0.2) is 24.5 Å². The topological polar surface area (TPSA) is 71.1 Å². The van der Waals surface area contributed by atoms with Gasteiger partial charge in [0, 0.05) is 6.54 Å². The fraction of sp³-hybridized carbons (Fsp3) is 0.500. The molecule has 1 aliphatic rings. The van der Waals surface area contributed by atoms with E-state index in [-0.39, 0.29) is 11.9 Å². The van der Waals surface area contributed by atoms with Crippen molar-refractivity contribution in [3.63, 3.8) is 0 Å². The zero-order valence-electron chi connectivity index (χ0n) is 14.3. The van der Waals surface area contributed by atoms with E-state index >= 15 is 0 Å². The predicted octanol–water partition coefficient (Wildman–Crippen LogP) is 2.94. The Kier molecular flexibility index (Phi) is 5.13. The Morgan fingerprint density at radius 1 is 1.38 bits per heavy atom. The highest BCUT2D eigenvalue weighted by molar-refractivity contribution is 5.76. The van der Waals surface area contributed by atoms with Gasteiger partial charge in [-0.25, -0.2) is 4.98 Å². The normalized spacial score (nSPS) is 17.8. The number of likely N-dealkylation sites (tertiary alicyclic amines) is 1. The predicted molar refractivity (Wildman–Crippen MR) is 90.7 cm³/mol. The van der Waals surface area contributed by atoms with E-state index in [0.717, 1.165) is 48.5 Å². The molecule has 1 saturated heterocycles. The van der Waals surface area contributed by atoms with E-state index in [9.17, 15) is 4.79 Å². The first kappa shape index (κ1) is 16.5. The Morgan fingerprint density at radius 3 is 3.04 bits per heavy atom. The molecule has 0 saturated carbocycles. The molecular formula is C18H24N4O2. The molecule has 24 heavy (non-hydrogen) atoms. The number of ether oxygens (including phenoxy) is 1. The molecule has 1 N–H and O–H groups in total. The summed E-state index contributed by atoms with van der Waals surface area (Å²) in [6.45, 7) is 5.21. The number of aromatic amines is 1. The van der Waals surface area contributed by atoms with Crippen molar-refractivity contribution < 1.29 is 9.53 Å². The summed E-state index contributed by atoms with van der Waals surface area (Å²) in [5.41, 5.74) is 2.24. The van der Waals surface area contributed by atoms with E-state index in [4.69, 9.17) is 4.74 Å². The Balaban J connectivity index is 1.58. The third-order valence-electron chi connectivity index (χ3n) is 4.49. The first-order valence-corrected chi connectivity index (χ1v) is 8.50. The van der Waals surface area contributed by atoms with Crippen LogP contribution in [0.4, 0.5) is 0 Å². The Hall–Kier alpha value is -2.37. The second-order valence-electron chi connectivity index (χ2n) is 6.34. The van der Waals surface area contributed by atoms with Crippen LogP contribution in [0.2, 0.25) is 0 Å². The van der Waals surface area contributed by atoms with Crippen molar-refractivity contribution in [3.05, 3.63) is 41.5 Å². The fourth-order valence-corrected chi connectivity index (χ4v) is 3.14. The van der Waals surface area contributed by atoms with Crippen LogP contribution in [0.25, 0.3) is 0 Å². The van der Waals surface area contributed by atoms with Crippen molar-refractivity contribution in [2.24, 2.45) is 0 Å². The van der Waals surface area contributed by atoms with Gasteiger partial charge in [-0.3, -0.25) is 9.89 Å². The number of carbonyl (C=O) groups excluding carboxylic acids is 1. The van der Waals surface area contributed by atoms with Crippen molar-refractivity contribution in [1.82, 2.24) is 20.1 Å². The lowest BCUT2D eigenvalue weighted by atomic mass is 10.0. The summed E-state index contributed by atoms with van der Waals surface area (Å²) < 4.78 is 5.82. The lowest BCUT2D eigenvalue weighted by Gasteiger charge is -2.34. The SMILES string of the molecule is Cc1ccc(C)c(OCCC(=O)N2CCCCC2c2ncn[nH]2)c1. The summed E-state index contributed by atoms with van der Waals surface area (Å²) in [6.07, 6.45) is 4.94. The number of carbonyl (C=O) groups is 1. The van der Waals surface area contributed by atoms with E-state index in [1.165, 1.54) is 6.33 Å². The lowest BCUT2D eigenvalue weighted by Crippen LogP contribution is -2.39. The summed E-state index contributed by atoms with van der Waals surface area (Å²) >= 11 is 0. The number of nitrogens with one attached hydrogen (secondary N) is 1. The number of piperidine rings is 1. The zero-order chi connectivity index (χ0) is 16.9. The van der Waals surface area contributed by atoms with Gasteiger partial charge in [-0.2, -0.15) is 5.10 Å². The second kappa shape index (κ2) is 7.47. The molecule has 1 amide bonds. The van der Waals surface area contributed by atoms with Gasteiger partial charge in [0.1, 0.15) is 17.9 Å². The molecule has 1 aliphatic heterocycles. The summed E-state index contributed by atoms with van der Waals surface area (Å²) in [7, 11) is 0. The van der Waals surface area contributed by atoms with Crippen molar-refractivity contribution in [2.75, 3.05) is 13.2 Å². The van der Waals surface area contributed by atoms with E-state index < -0.39 is 0 Å². The number of benzene rings is 1. The molecule has 0 radical (unpaired) electrons. The molecule has 2 heterocycles. The molecule has 6 nitrogen and oxygen atoms in total. The highest BCUT2D eigenvalue weighted by Gasteiger charge is 2.29. The number of H-pyrrole nitrogens is 1. The summed E-state index contributed by atoms with van der Waals surface area (Å²) in [5, 5.41) is 6.81. The molecule has 0 bridgehead atoms. The standard InChI is InChI=1S/C18H24N4O2/c1-13-6-7-14(2)16(11-13)24-10-8-17(23)22-9-4-3-5-15(22)18-19-12-20-21-18/h6-7,11-12,15H,3-5,8-10H2,1-2H3,(H,19,20,21).